The van der Waals surface area contributed by atoms with Crippen LogP contribution in [-0.4, -0.2) is 24.7 Å². The van der Waals surface area contributed by atoms with Crippen molar-refractivity contribution in [1.82, 2.24) is 4.98 Å². The number of thiazole rings is 1. The molecule has 0 bridgehead atoms. The summed E-state index contributed by atoms with van der Waals surface area (Å²) in [6.45, 7) is 2.78. The third kappa shape index (κ3) is 2.10. The standard InChI is InChI=1S/C11H15NO3S/c1-3-15-11(13)7-4-5-8-10(7)12-9(16-8)6-14-2/h7H,3-6H2,1-2H3. The van der Waals surface area contributed by atoms with E-state index in [4.69, 9.17) is 9.47 Å². The van der Waals surface area contributed by atoms with E-state index in [1.807, 2.05) is 6.92 Å². The van der Waals surface area contributed by atoms with Crippen LogP contribution in [0.2, 0.25) is 0 Å². The van der Waals surface area contributed by atoms with E-state index in [-0.39, 0.29) is 11.9 Å². The van der Waals surface area contributed by atoms with Gasteiger partial charge in [-0.05, 0) is 19.8 Å². The highest BCUT2D eigenvalue weighted by Gasteiger charge is 2.33. The summed E-state index contributed by atoms with van der Waals surface area (Å²) < 4.78 is 10.1. The molecule has 0 aliphatic heterocycles. The Morgan fingerprint density at radius 1 is 1.62 bits per heavy atom. The Labute approximate surface area is 98.6 Å². The van der Waals surface area contributed by atoms with Gasteiger partial charge in [0.1, 0.15) is 10.9 Å². The largest absolute Gasteiger partial charge is 0.465 e. The number of rotatable bonds is 4. The molecule has 1 aliphatic carbocycles. The topological polar surface area (TPSA) is 48.4 Å². The van der Waals surface area contributed by atoms with Crippen molar-refractivity contribution in [2.24, 2.45) is 0 Å². The van der Waals surface area contributed by atoms with Gasteiger partial charge >= 0.3 is 5.97 Å². The van der Waals surface area contributed by atoms with Crippen LogP contribution >= 0.6 is 11.3 Å². The summed E-state index contributed by atoms with van der Waals surface area (Å²) >= 11 is 1.64. The van der Waals surface area contributed by atoms with Crippen molar-refractivity contribution in [3.8, 4) is 0 Å². The highest BCUT2D eigenvalue weighted by Crippen LogP contribution is 2.37. The van der Waals surface area contributed by atoms with Crippen LogP contribution in [0.4, 0.5) is 0 Å². The van der Waals surface area contributed by atoms with Crippen LogP contribution in [0.1, 0.15) is 34.8 Å². The van der Waals surface area contributed by atoms with Gasteiger partial charge in [-0.3, -0.25) is 4.79 Å². The van der Waals surface area contributed by atoms with Crippen molar-refractivity contribution in [2.75, 3.05) is 13.7 Å². The van der Waals surface area contributed by atoms with Crippen LogP contribution in [0.3, 0.4) is 0 Å². The van der Waals surface area contributed by atoms with Gasteiger partial charge in [0, 0.05) is 12.0 Å². The number of ether oxygens (including phenoxy) is 2. The lowest BCUT2D eigenvalue weighted by molar-refractivity contribution is -0.145. The highest BCUT2D eigenvalue weighted by molar-refractivity contribution is 7.11. The quantitative estimate of drug-likeness (QED) is 0.755. The average molecular weight is 241 g/mol. The van der Waals surface area contributed by atoms with Crippen LogP contribution in [0, 0.1) is 0 Å². The predicted molar refractivity (Wildman–Crippen MR) is 60.5 cm³/mol. The first-order valence-corrected chi connectivity index (χ1v) is 6.22. The first kappa shape index (κ1) is 11.5. The molecule has 1 aromatic rings. The van der Waals surface area contributed by atoms with E-state index in [2.05, 4.69) is 4.98 Å². The van der Waals surface area contributed by atoms with Crippen molar-refractivity contribution in [3.63, 3.8) is 0 Å². The number of nitrogens with zero attached hydrogens (tertiary/aromatic N) is 1. The van der Waals surface area contributed by atoms with Gasteiger partial charge < -0.3 is 9.47 Å². The van der Waals surface area contributed by atoms with E-state index < -0.39 is 0 Å². The Balaban J connectivity index is 2.15. The molecule has 1 atom stereocenters. The van der Waals surface area contributed by atoms with Crippen LogP contribution in [0.25, 0.3) is 0 Å². The minimum atomic E-state index is -0.156. The number of hydrogen-bond acceptors (Lipinski definition) is 5. The average Bonchev–Trinajstić information content (AvgIpc) is 2.77. The molecule has 4 nitrogen and oxygen atoms in total. The van der Waals surface area contributed by atoms with Crippen LogP contribution in [0.5, 0.6) is 0 Å². The number of esters is 1. The van der Waals surface area contributed by atoms with Gasteiger partial charge in [-0.1, -0.05) is 0 Å². The first-order chi connectivity index (χ1) is 7.76. The Morgan fingerprint density at radius 2 is 2.44 bits per heavy atom. The number of fused-ring (bicyclic) bond motifs is 1. The molecule has 88 valence electrons. The van der Waals surface area contributed by atoms with Crippen molar-refractivity contribution >= 4 is 17.3 Å². The van der Waals surface area contributed by atoms with Crippen molar-refractivity contribution in [2.45, 2.75) is 32.3 Å². The number of carbonyl (C=O) groups is 1. The lowest BCUT2D eigenvalue weighted by Crippen LogP contribution is -2.14. The minimum Gasteiger partial charge on any atom is -0.465 e. The van der Waals surface area contributed by atoms with E-state index in [1.54, 1.807) is 18.4 Å². The molecular formula is C11H15NO3S. The first-order valence-electron chi connectivity index (χ1n) is 5.40. The number of carbonyl (C=O) groups excluding carboxylic acids is 1. The van der Waals surface area contributed by atoms with Crippen molar-refractivity contribution in [1.29, 1.82) is 0 Å². The molecule has 0 aromatic carbocycles. The van der Waals surface area contributed by atoms with Gasteiger partial charge in [-0.2, -0.15) is 0 Å². The maximum atomic E-state index is 11.7. The fourth-order valence-corrected chi connectivity index (χ4v) is 3.05. The molecule has 0 saturated heterocycles. The molecule has 0 fully saturated rings. The monoisotopic (exact) mass is 241 g/mol. The summed E-state index contributed by atoms with van der Waals surface area (Å²) in [7, 11) is 1.65. The van der Waals surface area contributed by atoms with Crippen LogP contribution in [-0.2, 0) is 27.3 Å². The Bertz CT molecular complexity index is 389. The molecule has 1 aliphatic rings. The van der Waals surface area contributed by atoms with Crippen LogP contribution in [0.15, 0.2) is 0 Å². The van der Waals surface area contributed by atoms with E-state index in [0.717, 1.165) is 23.5 Å². The molecule has 1 heterocycles. The van der Waals surface area contributed by atoms with E-state index >= 15 is 0 Å². The SMILES string of the molecule is CCOC(=O)C1CCc2sc(COC)nc21. The molecule has 2 rings (SSSR count). The lowest BCUT2D eigenvalue weighted by Gasteiger charge is -2.07. The minimum absolute atomic E-state index is 0.143. The van der Waals surface area contributed by atoms with E-state index in [0.29, 0.717) is 13.2 Å². The number of hydrogen-bond donors (Lipinski definition) is 0. The summed E-state index contributed by atoms with van der Waals surface area (Å²) in [5.41, 5.74) is 0.913. The zero-order valence-electron chi connectivity index (χ0n) is 9.49. The van der Waals surface area contributed by atoms with Gasteiger partial charge in [0.05, 0.1) is 18.9 Å². The summed E-state index contributed by atoms with van der Waals surface area (Å²) in [4.78, 5) is 17.4. The Hall–Kier alpha value is -0.940. The number of methoxy groups -OCH3 is 1. The van der Waals surface area contributed by atoms with Gasteiger partial charge in [0.2, 0.25) is 0 Å². The summed E-state index contributed by atoms with van der Waals surface area (Å²) in [5.74, 6) is -0.299. The zero-order valence-corrected chi connectivity index (χ0v) is 10.3. The molecule has 0 spiro atoms. The van der Waals surface area contributed by atoms with E-state index in [1.165, 1.54) is 4.88 Å². The van der Waals surface area contributed by atoms with Crippen molar-refractivity contribution < 1.29 is 14.3 Å². The normalized spacial score (nSPS) is 18.5. The molecule has 1 unspecified atom stereocenters. The number of aromatic nitrogens is 1. The summed E-state index contributed by atoms with van der Waals surface area (Å²) in [6, 6.07) is 0. The maximum Gasteiger partial charge on any atom is 0.315 e. The van der Waals surface area contributed by atoms with Crippen LogP contribution < -0.4 is 0 Å². The van der Waals surface area contributed by atoms with Gasteiger partial charge in [0.25, 0.3) is 0 Å². The molecule has 0 amide bonds. The van der Waals surface area contributed by atoms with Crippen molar-refractivity contribution in [3.05, 3.63) is 15.6 Å². The van der Waals surface area contributed by atoms with Gasteiger partial charge in [0.15, 0.2) is 0 Å². The predicted octanol–water partition coefficient (Wildman–Crippen LogP) is 1.88. The molecule has 5 heteroatoms. The van der Waals surface area contributed by atoms with Gasteiger partial charge in [-0.25, -0.2) is 4.98 Å². The summed E-state index contributed by atoms with van der Waals surface area (Å²) in [6.07, 6.45) is 1.76. The molecule has 0 saturated carbocycles. The van der Waals surface area contributed by atoms with Gasteiger partial charge in [-0.15, -0.1) is 11.3 Å². The Kier molecular flexibility index (Phi) is 3.56. The fourth-order valence-electron chi connectivity index (χ4n) is 1.94. The highest BCUT2D eigenvalue weighted by atomic mass is 32.1. The smallest absolute Gasteiger partial charge is 0.315 e. The zero-order chi connectivity index (χ0) is 11.5. The Morgan fingerprint density at radius 3 is 3.12 bits per heavy atom. The summed E-state index contributed by atoms with van der Waals surface area (Å²) in [5, 5.41) is 0.946. The second-order valence-electron chi connectivity index (χ2n) is 3.69. The number of aryl methyl sites for hydroxylation is 1. The molecule has 16 heavy (non-hydrogen) atoms. The molecule has 0 radical (unpaired) electrons. The second-order valence-corrected chi connectivity index (χ2v) is 4.86. The second kappa shape index (κ2) is 4.93. The molecular weight excluding hydrogens is 226 g/mol. The van der Waals surface area contributed by atoms with E-state index in [9.17, 15) is 4.79 Å². The maximum absolute atomic E-state index is 11.7. The molecule has 0 N–H and O–H groups in total. The molecule has 1 aromatic heterocycles. The fraction of sp³-hybridized carbons (Fsp3) is 0.636. The third-order valence-electron chi connectivity index (χ3n) is 2.60. The third-order valence-corrected chi connectivity index (χ3v) is 3.71. The lowest BCUT2D eigenvalue weighted by atomic mass is 10.1.